The van der Waals surface area contributed by atoms with E-state index >= 15 is 0 Å². The normalized spacial score (nSPS) is 17.2. The summed E-state index contributed by atoms with van der Waals surface area (Å²) < 4.78 is 3.26. The van der Waals surface area contributed by atoms with Gasteiger partial charge in [0.05, 0.1) is 19.8 Å². The van der Waals surface area contributed by atoms with Gasteiger partial charge >= 0.3 is 0 Å². The number of halogens is 1. The molecular formula is C27H19IN2O2S. The van der Waals surface area contributed by atoms with Gasteiger partial charge < -0.3 is 5.11 Å². The van der Waals surface area contributed by atoms with Crippen molar-refractivity contribution in [1.29, 1.82) is 0 Å². The first-order chi connectivity index (χ1) is 16.1. The van der Waals surface area contributed by atoms with Crippen molar-refractivity contribution in [2.45, 2.75) is 18.9 Å². The fraction of sp³-hybridized carbons (Fsp3) is 0.111. The van der Waals surface area contributed by atoms with Gasteiger partial charge in [0.25, 0.3) is 5.56 Å². The predicted octanol–water partition coefficient (Wildman–Crippen LogP) is 4.63. The molecule has 2 heterocycles. The molecule has 1 aromatic heterocycles. The molecule has 33 heavy (non-hydrogen) atoms. The summed E-state index contributed by atoms with van der Waals surface area (Å²) in [6.07, 6.45) is 3.73. The summed E-state index contributed by atoms with van der Waals surface area (Å²) in [7, 11) is 0. The maximum Gasteiger partial charge on any atom is 0.271 e. The number of thiazole rings is 1. The summed E-state index contributed by atoms with van der Waals surface area (Å²) in [5.74, 6) is 0.240. The Bertz CT molecular complexity index is 1620. The van der Waals surface area contributed by atoms with Crippen molar-refractivity contribution < 1.29 is 5.11 Å². The molecule has 0 saturated carbocycles. The fourth-order valence-electron chi connectivity index (χ4n) is 4.72. The highest BCUT2D eigenvalue weighted by molar-refractivity contribution is 14.1. The van der Waals surface area contributed by atoms with Crippen LogP contribution in [0, 0.1) is 3.57 Å². The summed E-state index contributed by atoms with van der Waals surface area (Å²) in [6.45, 7) is 0. The molecule has 162 valence electrons. The van der Waals surface area contributed by atoms with Crippen LogP contribution in [0.25, 0.3) is 11.8 Å². The number of rotatable bonds is 2. The third-order valence-electron chi connectivity index (χ3n) is 6.26. The van der Waals surface area contributed by atoms with Gasteiger partial charge in [0.2, 0.25) is 0 Å². The highest BCUT2D eigenvalue weighted by Gasteiger charge is 2.32. The molecule has 1 aliphatic heterocycles. The van der Waals surface area contributed by atoms with E-state index in [4.69, 9.17) is 4.99 Å². The molecule has 1 atom stereocenters. The highest BCUT2D eigenvalue weighted by Crippen LogP contribution is 2.41. The number of aromatic hydroxyl groups is 1. The number of phenolic OH excluding ortho intramolecular Hbond substituents is 1. The number of hydrogen-bond acceptors (Lipinski definition) is 4. The second-order valence-corrected chi connectivity index (χ2v) is 10.4. The van der Waals surface area contributed by atoms with Crippen LogP contribution < -0.4 is 14.9 Å². The Morgan fingerprint density at radius 1 is 1.03 bits per heavy atom. The van der Waals surface area contributed by atoms with Crippen molar-refractivity contribution in [2.75, 3.05) is 0 Å². The third-order valence-corrected chi connectivity index (χ3v) is 8.10. The molecular weight excluding hydrogens is 543 g/mol. The number of phenols is 1. The van der Waals surface area contributed by atoms with E-state index in [2.05, 4.69) is 59.0 Å². The van der Waals surface area contributed by atoms with Crippen LogP contribution in [0.2, 0.25) is 0 Å². The molecule has 0 radical (unpaired) electrons. The third kappa shape index (κ3) is 3.48. The summed E-state index contributed by atoms with van der Waals surface area (Å²) >= 11 is 3.52. The van der Waals surface area contributed by atoms with E-state index in [-0.39, 0.29) is 17.4 Å². The Kier molecular flexibility index (Phi) is 5.07. The number of nitrogens with zero attached hydrogens (tertiary/aromatic N) is 2. The quantitative estimate of drug-likeness (QED) is 0.363. The topological polar surface area (TPSA) is 54.6 Å². The second kappa shape index (κ2) is 8.11. The molecule has 2 aliphatic rings. The van der Waals surface area contributed by atoms with Gasteiger partial charge in [-0.1, -0.05) is 72.0 Å². The van der Waals surface area contributed by atoms with Crippen molar-refractivity contribution in [3.05, 3.63) is 124 Å². The fourth-order valence-corrected chi connectivity index (χ4v) is 6.26. The number of fused-ring (bicyclic) bond motifs is 3. The van der Waals surface area contributed by atoms with Crippen molar-refractivity contribution in [3.63, 3.8) is 0 Å². The van der Waals surface area contributed by atoms with Gasteiger partial charge in [-0.2, -0.15) is 0 Å². The maximum atomic E-state index is 13.7. The van der Waals surface area contributed by atoms with E-state index in [1.54, 1.807) is 6.07 Å². The lowest BCUT2D eigenvalue weighted by molar-refractivity contribution is 0.471. The van der Waals surface area contributed by atoms with E-state index in [1.807, 2.05) is 41.0 Å². The lowest BCUT2D eigenvalue weighted by atomic mass is 9.83. The summed E-state index contributed by atoms with van der Waals surface area (Å²) in [6, 6.07) is 23.9. The van der Waals surface area contributed by atoms with Gasteiger partial charge in [0.1, 0.15) is 5.75 Å². The summed E-state index contributed by atoms with van der Waals surface area (Å²) in [5.41, 5.74) is 6.66. The predicted molar refractivity (Wildman–Crippen MR) is 140 cm³/mol. The van der Waals surface area contributed by atoms with Crippen LogP contribution in [0.1, 0.15) is 34.7 Å². The van der Waals surface area contributed by atoms with E-state index in [9.17, 15) is 9.90 Å². The Hall–Kier alpha value is -2.97. The molecule has 6 heteroatoms. The lowest BCUT2D eigenvalue weighted by Gasteiger charge is -2.30. The first-order valence-electron chi connectivity index (χ1n) is 10.8. The smallest absolute Gasteiger partial charge is 0.271 e. The largest absolute Gasteiger partial charge is 0.507 e. The molecule has 3 aromatic carbocycles. The zero-order chi connectivity index (χ0) is 22.5. The molecule has 4 aromatic rings. The second-order valence-electron chi connectivity index (χ2n) is 8.24. The monoisotopic (exact) mass is 562 g/mol. The summed E-state index contributed by atoms with van der Waals surface area (Å²) in [4.78, 5) is 19.4. The van der Waals surface area contributed by atoms with Crippen molar-refractivity contribution in [3.8, 4) is 5.75 Å². The van der Waals surface area contributed by atoms with Gasteiger partial charge in [0, 0.05) is 5.56 Å². The molecule has 1 aliphatic carbocycles. The van der Waals surface area contributed by atoms with Crippen LogP contribution >= 0.6 is 33.9 Å². The molecule has 0 saturated heterocycles. The van der Waals surface area contributed by atoms with Gasteiger partial charge in [0.15, 0.2) is 4.80 Å². The molecule has 0 amide bonds. The SMILES string of the molecule is O=c1c(=Cc2ccc(O)c(I)c2)sc2n1C(c1ccccc1)C1=C(N=2)c2ccccc2CC1. The zero-order valence-corrected chi connectivity index (χ0v) is 20.5. The van der Waals surface area contributed by atoms with Crippen LogP contribution in [-0.2, 0) is 6.42 Å². The Morgan fingerprint density at radius 3 is 2.64 bits per heavy atom. The van der Waals surface area contributed by atoms with E-state index < -0.39 is 0 Å². The average molecular weight is 562 g/mol. The van der Waals surface area contributed by atoms with Crippen LogP contribution in [0.4, 0.5) is 0 Å². The lowest BCUT2D eigenvalue weighted by Crippen LogP contribution is -2.38. The standard InChI is InChI=1S/C27H19IN2O2S/c28-21-14-16(10-13-22(21)31)15-23-26(32)30-25(18-7-2-1-3-8-18)20-12-11-17-6-4-5-9-19(17)24(20)29-27(30)33-23/h1-10,13-15,25,31H,11-12H2. The van der Waals surface area contributed by atoms with Crippen LogP contribution in [0.15, 0.2) is 88.2 Å². The Balaban J connectivity index is 1.62. The van der Waals surface area contributed by atoms with Crippen molar-refractivity contribution >= 4 is 45.7 Å². The van der Waals surface area contributed by atoms with E-state index in [0.29, 0.717) is 4.53 Å². The van der Waals surface area contributed by atoms with Gasteiger partial charge in [-0.05, 0) is 75.9 Å². The molecule has 1 unspecified atom stereocenters. The van der Waals surface area contributed by atoms with Crippen LogP contribution in [-0.4, -0.2) is 9.67 Å². The first-order valence-corrected chi connectivity index (χ1v) is 12.7. The number of aryl methyl sites for hydroxylation is 1. The zero-order valence-electron chi connectivity index (χ0n) is 17.5. The molecule has 0 spiro atoms. The van der Waals surface area contributed by atoms with Gasteiger partial charge in [-0.15, -0.1) is 0 Å². The number of hydrogen-bond donors (Lipinski definition) is 1. The van der Waals surface area contributed by atoms with E-state index in [1.165, 1.54) is 28.0 Å². The minimum absolute atomic E-state index is 0.0268. The minimum atomic E-state index is -0.159. The Labute approximate surface area is 208 Å². The van der Waals surface area contributed by atoms with Crippen molar-refractivity contribution in [1.82, 2.24) is 4.57 Å². The molecule has 1 N–H and O–H groups in total. The van der Waals surface area contributed by atoms with E-state index in [0.717, 1.165) is 38.0 Å². The maximum absolute atomic E-state index is 13.7. The molecule has 0 bridgehead atoms. The van der Waals surface area contributed by atoms with Crippen LogP contribution in [0.3, 0.4) is 0 Å². The minimum Gasteiger partial charge on any atom is -0.507 e. The van der Waals surface area contributed by atoms with Gasteiger partial charge in [-0.3, -0.25) is 9.36 Å². The number of allylic oxidation sites excluding steroid dienone is 1. The summed E-state index contributed by atoms with van der Waals surface area (Å²) in [5, 5.41) is 9.85. The molecule has 0 fully saturated rings. The molecule has 4 nitrogen and oxygen atoms in total. The average Bonchev–Trinajstić information content (AvgIpc) is 3.15. The Morgan fingerprint density at radius 2 is 1.82 bits per heavy atom. The number of aromatic nitrogens is 1. The van der Waals surface area contributed by atoms with Crippen molar-refractivity contribution in [2.24, 2.45) is 4.99 Å². The van der Waals surface area contributed by atoms with Gasteiger partial charge in [-0.25, -0.2) is 4.99 Å². The number of benzene rings is 3. The first kappa shape index (κ1) is 20.6. The molecule has 6 rings (SSSR count). The van der Waals surface area contributed by atoms with Crippen LogP contribution in [0.5, 0.6) is 5.75 Å². The highest BCUT2D eigenvalue weighted by atomic mass is 127.